The lowest BCUT2D eigenvalue weighted by Crippen LogP contribution is -2.36. The number of ether oxygens (including phenoxy) is 2. The number of aliphatic imine (C=N–C) groups is 1. The molecule has 1 saturated heterocycles. The molecule has 1 aliphatic heterocycles. The van der Waals surface area contributed by atoms with E-state index in [1.807, 2.05) is 25.1 Å². The molecule has 7 nitrogen and oxygen atoms in total. The number of guanidine groups is 1. The Morgan fingerprint density at radius 1 is 1.20 bits per heavy atom. The number of methoxy groups -OCH3 is 1. The van der Waals surface area contributed by atoms with Gasteiger partial charge in [0.05, 0.1) is 36.0 Å². The molecule has 2 aromatic carbocycles. The van der Waals surface area contributed by atoms with Crippen molar-refractivity contribution in [3.8, 4) is 0 Å². The third-order valence-electron chi connectivity index (χ3n) is 4.65. The van der Waals surface area contributed by atoms with Crippen LogP contribution in [0.5, 0.6) is 0 Å². The molecule has 1 atom stereocenters. The molecule has 1 amide bonds. The van der Waals surface area contributed by atoms with E-state index in [9.17, 15) is 9.59 Å². The van der Waals surface area contributed by atoms with E-state index in [0.29, 0.717) is 28.4 Å². The van der Waals surface area contributed by atoms with Crippen LogP contribution in [0.2, 0.25) is 5.02 Å². The predicted molar refractivity (Wildman–Crippen MR) is 116 cm³/mol. The number of benzene rings is 2. The topological polar surface area (TPSA) is 89.0 Å². The maximum Gasteiger partial charge on any atom is 0.337 e. The maximum absolute atomic E-state index is 12.7. The van der Waals surface area contributed by atoms with Crippen LogP contribution in [0.4, 0.5) is 5.69 Å². The van der Waals surface area contributed by atoms with Crippen LogP contribution in [-0.4, -0.2) is 44.2 Å². The van der Waals surface area contributed by atoms with Crippen LogP contribution >= 0.6 is 11.6 Å². The number of hydrogen-bond acceptors (Lipinski definition) is 5. The van der Waals surface area contributed by atoms with Crippen LogP contribution in [0.1, 0.15) is 39.1 Å². The van der Waals surface area contributed by atoms with Gasteiger partial charge >= 0.3 is 5.97 Å². The van der Waals surface area contributed by atoms with E-state index in [4.69, 9.17) is 16.3 Å². The van der Waals surface area contributed by atoms with E-state index in [2.05, 4.69) is 20.4 Å². The van der Waals surface area contributed by atoms with E-state index in [1.54, 1.807) is 12.1 Å². The first-order valence-corrected chi connectivity index (χ1v) is 10.0. The predicted octanol–water partition coefficient (Wildman–Crippen LogP) is 3.81. The van der Waals surface area contributed by atoms with Gasteiger partial charge in [0.15, 0.2) is 0 Å². The summed E-state index contributed by atoms with van der Waals surface area (Å²) in [7, 11) is 1.31. The highest BCUT2D eigenvalue weighted by Gasteiger charge is 2.17. The van der Waals surface area contributed by atoms with Crippen LogP contribution < -0.4 is 10.6 Å². The molecule has 30 heavy (non-hydrogen) atoms. The number of amides is 1. The van der Waals surface area contributed by atoms with Crippen molar-refractivity contribution in [1.29, 1.82) is 0 Å². The summed E-state index contributed by atoms with van der Waals surface area (Å²) in [6.45, 7) is 3.10. The average molecular weight is 430 g/mol. The summed E-state index contributed by atoms with van der Waals surface area (Å²) in [4.78, 5) is 28.8. The van der Waals surface area contributed by atoms with Crippen molar-refractivity contribution in [1.82, 2.24) is 5.32 Å². The molecule has 0 radical (unpaired) electrons. The van der Waals surface area contributed by atoms with Gasteiger partial charge in [-0.15, -0.1) is 0 Å². The van der Waals surface area contributed by atoms with Gasteiger partial charge in [0, 0.05) is 12.2 Å². The van der Waals surface area contributed by atoms with Gasteiger partial charge in [-0.2, -0.15) is 0 Å². The molecule has 2 N–H and O–H groups in total. The highest BCUT2D eigenvalue weighted by Crippen LogP contribution is 2.22. The number of esters is 1. The van der Waals surface area contributed by atoms with Crippen LogP contribution in [0.25, 0.3) is 0 Å². The summed E-state index contributed by atoms with van der Waals surface area (Å²) in [6.07, 6.45) is 1.97. The molecule has 0 unspecified atom stereocenters. The Hall–Kier alpha value is -2.90. The molecular weight excluding hydrogens is 406 g/mol. The molecule has 1 heterocycles. The Bertz CT molecular complexity index is 938. The van der Waals surface area contributed by atoms with Gasteiger partial charge in [0.2, 0.25) is 5.96 Å². The molecule has 0 aliphatic carbocycles. The van der Waals surface area contributed by atoms with E-state index in [-0.39, 0.29) is 18.0 Å². The van der Waals surface area contributed by atoms with Crippen molar-refractivity contribution in [2.75, 3.05) is 25.6 Å². The highest BCUT2D eigenvalue weighted by atomic mass is 35.5. The van der Waals surface area contributed by atoms with Gasteiger partial charge in [-0.25, -0.2) is 9.79 Å². The largest absolute Gasteiger partial charge is 0.465 e. The van der Waals surface area contributed by atoms with Crippen molar-refractivity contribution in [2.45, 2.75) is 25.9 Å². The molecule has 0 bridgehead atoms. The van der Waals surface area contributed by atoms with Gasteiger partial charge in [-0.3, -0.25) is 10.1 Å². The Labute approximate surface area is 180 Å². The van der Waals surface area contributed by atoms with Gasteiger partial charge in [0.1, 0.15) is 0 Å². The summed E-state index contributed by atoms with van der Waals surface area (Å²) < 4.78 is 10.3. The fourth-order valence-electron chi connectivity index (χ4n) is 3.00. The molecule has 3 rings (SSSR count). The molecule has 0 spiro atoms. The quantitative estimate of drug-likeness (QED) is 0.428. The van der Waals surface area contributed by atoms with Crippen molar-refractivity contribution in [3.05, 3.63) is 64.2 Å². The van der Waals surface area contributed by atoms with Gasteiger partial charge in [0.25, 0.3) is 5.91 Å². The third kappa shape index (κ3) is 5.81. The van der Waals surface area contributed by atoms with E-state index >= 15 is 0 Å². The molecule has 1 fully saturated rings. The molecule has 8 heteroatoms. The van der Waals surface area contributed by atoms with Crippen LogP contribution in [0.3, 0.4) is 0 Å². The zero-order chi connectivity index (χ0) is 21.5. The van der Waals surface area contributed by atoms with Crippen molar-refractivity contribution in [2.24, 2.45) is 4.99 Å². The fraction of sp³-hybridized carbons (Fsp3) is 0.318. The Balaban J connectivity index is 1.75. The normalized spacial score (nSPS) is 16.2. The Morgan fingerprint density at radius 3 is 2.57 bits per heavy atom. The zero-order valence-corrected chi connectivity index (χ0v) is 17.7. The molecule has 0 saturated carbocycles. The number of nitrogens with zero attached hydrogens (tertiary/aromatic N) is 1. The Morgan fingerprint density at radius 2 is 1.93 bits per heavy atom. The zero-order valence-electron chi connectivity index (χ0n) is 16.9. The average Bonchev–Trinajstić information content (AvgIpc) is 3.27. The number of anilines is 1. The first-order chi connectivity index (χ1) is 14.5. The second-order valence-electron chi connectivity index (χ2n) is 6.96. The molecule has 1 aliphatic rings. The Kier molecular flexibility index (Phi) is 7.43. The standard InChI is InChI=1S/C22H24ClN3O4/c1-14-5-10-19(18(23)12-14)25-22(24-13-17-4-3-11-30-17)26-20(27)15-6-8-16(9-7-15)21(28)29-2/h5-10,12,17H,3-4,11,13H2,1-2H3,(H2,24,25,26,27)/t17-/m1/s1. The van der Waals surface area contributed by atoms with Crippen molar-refractivity contribution < 1.29 is 19.1 Å². The summed E-state index contributed by atoms with van der Waals surface area (Å²) in [5.74, 6) is -0.553. The number of aryl methyl sites for hydroxylation is 1. The fourth-order valence-corrected chi connectivity index (χ4v) is 3.28. The first-order valence-electron chi connectivity index (χ1n) is 9.65. The second-order valence-corrected chi connectivity index (χ2v) is 7.36. The second kappa shape index (κ2) is 10.2. The SMILES string of the molecule is COC(=O)c1ccc(C(=O)NC(=NC[C@H]2CCCO2)Nc2ccc(C)cc2Cl)cc1. The van der Waals surface area contributed by atoms with Crippen molar-refractivity contribution in [3.63, 3.8) is 0 Å². The summed E-state index contributed by atoms with van der Waals surface area (Å²) in [6, 6.07) is 11.8. The smallest absolute Gasteiger partial charge is 0.337 e. The monoisotopic (exact) mass is 429 g/mol. The summed E-state index contributed by atoms with van der Waals surface area (Å²) >= 11 is 6.32. The van der Waals surface area contributed by atoms with Gasteiger partial charge in [-0.05, 0) is 61.7 Å². The minimum Gasteiger partial charge on any atom is -0.465 e. The minimum absolute atomic E-state index is 0.0338. The summed E-state index contributed by atoms with van der Waals surface area (Å²) in [5, 5.41) is 6.40. The van der Waals surface area contributed by atoms with Crippen molar-refractivity contribution >= 4 is 35.1 Å². The molecule has 2 aromatic rings. The highest BCUT2D eigenvalue weighted by molar-refractivity contribution is 6.34. The van der Waals surface area contributed by atoms with Gasteiger partial charge in [-0.1, -0.05) is 17.7 Å². The number of carbonyl (C=O) groups excluding carboxylic acids is 2. The number of nitrogens with one attached hydrogen (secondary N) is 2. The molecule has 158 valence electrons. The first kappa shape index (κ1) is 21.8. The van der Waals surface area contributed by atoms with E-state index in [0.717, 1.165) is 25.0 Å². The lowest BCUT2D eigenvalue weighted by Gasteiger charge is -2.14. The maximum atomic E-state index is 12.7. The third-order valence-corrected chi connectivity index (χ3v) is 4.97. The number of carbonyl (C=O) groups is 2. The number of halogens is 1. The number of hydrogen-bond donors (Lipinski definition) is 2. The van der Waals surface area contributed by atoms with E-state index in [1.165, 1.54) is 19.2 Å². The molecular formula is C22H24ClN3O4. The van der Waals surface area contributed by atoms with E-state index < -0.39 is 5.97 Å². The lowest BCUT2D eigenvalue weighted by atomic mass is 10.1. The van der Waals surface area contributed by atoms with Crippen LogP contribution in [0.15, 0.2) is 47.5 Å². The van der Waals surface area contributed by atoms with Crippen LogP contribution in [0, 0.1) is 6.92 Å². The van der Waals surface area contributed by atoms with Crippen LogP contribution in [-0.2, 0) is 9.47 Å². The summed E-state index contributed by atoms with van der Waals surface area (Å²) in [5.41, 5.74) is 2.41. The lowest BCUT2D eigenvalue weighted by molar-refractivity contribution is 0.0600. The minimum atomic E-state index is -0.462. The van der Waals surface area contributed by atoms with Gasteiger partial charge < -0.3 is 14.8 Å². The number of rotatable bonds is 5. The molecule has 0 aromatic heterocycles.